The minimum Gasteiger partial charge on any atom is -0.490 e. The summed E-state index contributed by atoms with van der Waals surface area (Å²) in [5.41, 5.74) is 2.96. The molecule has 2 rings (SSSR count). The molecule has 0 radical (unpaired) electrons. The molecule has 0 aliphatic heterocycles. The Morgan fingerprint density at radius 3 is 2.67 bits per heavy atom. The standard InChI is InChI=1S/C18H17ClF2N2O3S/c1-2-25-16-9-12(3-8-15(16)26-18(20)21)10-22-23-17(24)11-27-14-6-4-13(19)5-7-14/h3-10,18H,2,11H2,1H3,(H,23,24)/b22-10-. The number of halogens is 3. The quantitative estimate of drug-likeness (QED) is 0.370. The average molecular weight is 415 g/mol. The lowest BCUT2D eigenvalue weighted by molar-refractivity contribution is -0.118. The van der Waals surface area contributed by atoms with Crippen molar-refractivity contribution in [1.82, 2.24) is 5.43 Å². The van der Waals surface area contributed by atoms with Gasteiger partial charge in [-0.15, -0.1) is 11.8 Å². The van der Waals surface area contributed by atoms with Crippen molar-refractivity contribution in [2.24, 2.45) is 5.10 Å². The summed E-state index contributed by atoms with van der Waals surface area (Å²) in [5.74, 6) is 0.0114. The van der Waals surface area contributed by atoms with E-state index in [2.05, 4.69) is 15.3 Å². The van der Waals surface area contributed by atoms with Crippen molar-refractivity contribution in [3.8, 4) is 11.5 Å². The van der Waals surface area contributed by atoms with Crippen LogP contribution in [0.1, 0.15) is 12.5 Å². The van der Waals surface area contributed by atoms with Crippen molar-refractivity contribution in [3.63, 3.8) is 0 Å². The van der Waals surface area contributed by atoms with E-state index in [4.69, 9.17) is 16.3 Å². The summed E-state index contributed by atoms with van der Waals surface area (Å²) in [4.78, 5) is 12.7. The average Bonchev–Trinajstić information content (AvgIpc) is 2.63. The second-order valence-corrected chi connectivity index (χ2v) is 6.54. The van der Waals surface area contributed by atoms with E-state index >= 15 is 0 Å². The van der Waals surface area contributed by atoms with E-state index in [1.165, 1.54) is 36.2 Å². The highest BCUT2D eigenvalue weighted by Gasteiger charge is 2.11. The lowest BCUT2D eigenvalue weighted by Gasteiger charge is -2.11. The Morgan fingerprint density at radius 1 is 1.26 bits per heavy atom. The zero-order valence-corrected chi connectivity index (χ0v) is 15.9. The molecule has 2 aromatic rings. The maximum Gasteiger partial charge on any atom is 0.387 e. The summed E-state index contributed by atoms with van der Waals surface area (Å²) in [7, 11) is 0. The maximum absolute atomic E-state index is 12.4. The molecular weight excluding hydrogens is 398 g/mol. The van der Waals surface area contributed by atoms with E-state index in [1.807, 2.05) is 12.1 Å². The van der Waals surface area contributed by atoms with Crippen LogP contribution < -0.4 is 14.9 Å². The normalized spacial score (nSPS) is 11.0. The lowest BCUT2D eigenvalue weighted by Crippen LogP contribution is -2.19. The van der Waals surface area contributed by atoms with Crippen LogP contribution in [0.4, 0.5) is 8.78 Å². The molecule has 0 saturated heterocycles. The number of amides is 1. The minimum atomic E-state index is -2.94. The second-order valence-electron chi connectivity index (χ2n) is 5.05. The molecule has 0 aromatic heterocycles. The van der Waals surface area contributed by atoms with E-state index in [-0.39, 0.29) is 23.2 Å². The van der Waals surface area contributed by atoms with E-state index in [1.54, 1.807) is 19.1 Å². The van der Waals surface area contributed by atoms with E-state index in [0.29, 0.717) is 17.2 Å². The molecule has 5 nitrogen and oxygen atoms in total. The first-order valence-corrected chi connectivity index (χ1v) is 9.26. The van der Waals surface area contributed by atoms with Crippen LogP contribution in [0.2, 0.25) is 5.02 Å². The molecule has 0 unspecified atom stereocenters. The van der Waals surface area contributed by atoms with Gasteiger partial charge in [-0.3, -0.25) is 4.79 Å². The summed E-state index contributed by atoms with van der Waals surface area (Å²) in [6, 6.07) is 11.5. The molecule has 0 atom stereocenters. The predicted octanol–water partition coefficient (Wildman–Crippen LogP) is 4.58. The predicted molar refractivity (Wildman–Crippen MR) is 102 cm³/mol. The lowest BCUT2D eigenvalue weighted by atomic mass is 10.2. The van der Waals surface area contributed by atoms with Gasteiger partial charge in [-0.25, -0.2) is 5.43 Å². The molecule has 0 fully saturated rings. The Kier molecular flexibility index (Phi) is 8.35. The zero-order valence-electron chi connectivity index (χ0n) is 14.3. The third-order valence-electron chi connectivity index (χ3n) is 3.07. The van der Waals surface area contributed by atoms with Gasteiger partial charge >= 0.3 is 6.61 Å². The Morgan fingerprint density at radius 2 is 2.00 bits per heavy atom. The van der Waals surface area contributed by atoms with Gasteiger partial charge in [-0.2, -0.15) is 13.9 Å². The van der Waals surface area contributed by atoms with Crippen LogP contribution in [0.3, 0.4) is 0 Å². The SMILES string of the molecule is CCOc1cc(/C=N\NC(=O)CSc2ccc(Cl)cc2)ccc1OC(F)F. The van der Waals surface area contributed by atoms with Crippen LogP contribution in [-0.2, 0) is 4.79 Å². The molecule has 1 amide bonds. The number of nitrogens with zero attached hydrogens (tertiary/aromatic N) is 1. The van der Waals surface area contributed by atoms with Crippen LogP contribution in [0.5, 0.6) is 11.5 Å². The van der Waals surface area contributed by atoms with Gasteiger partial charge in [-0.1, -0.05) is 11.6 Å². The Labute approximate surface area is 164 Å². The maximum atomic E-state index is 12.4. The molecule has 0 saturated carbocycles. The Balaban J connectivity index is 1.89. The van der Waals surface area contributed by atoms with Crippen molar-refractivity contribution in [2.75, 3.05) is 12.4 Å². The largest absolute Gasteiger partial charge is 0.490 e. The van der Waals surface area contributed by atoms with Gasteiger partial charge in [0.05, 0.1) is 18.6 Å². The van der Waals surface area contributed by atoms with Gasteiger partial charge in [-0.05, 0) is 55.0 Å². The molecule has 0 heterocycles. The fourth-order valence-corrected chi connectivity index (χ4v) is 2.77. The van der Waals surface area contributed by atoms with Crippen LogP contribution in [0.25, 0.3) is 0 Å². The minimum absolute atomic E-state index is 0.0626. The zero-order chi connectivity index (χ0) is 19.6. The third kappa shape index (κ3) is 7.44. The van der Waals surface area contributed by atoms with Gasteiger partial charge in [0, 0.05) is 9.92 Å². The van der Waals surface area contributed by atoms with Crippen LogP contribution in [0.15, 0.2) is 52.5 Å². The summed E-state index contributed by atoms with van der Waals surface area (Å²) in [5, 5.41) is 4.49. The molecule has 0 aliphatic rings. The first kappa shape index (κ1) is 21.0. The van der Waals surface area contributed by atoms with E-state index in [9.17, 15) is 13.6 Å². The van der Waals surface area contributed by atoms with Crippen LogP contribution >= 0.6 is 23.4 Å². The summed E-state index contributed by atoms with van der Waals surface area (Å²) >= 11 is 7.15. The topological polar surface area (TPSA) is 59.9 Å². The number of benzene rings is 2. The number of carbonyl (C=O) groups is 1. The van der Waals surface area contributed by atoms with Crippen molar-refractivity contribution in [2.45, 2.75) is 18.4 Å². The molecule has 1 N–H and O–H groups in total. The molecule has 0 bridgehead atoms. The fraction of sp³-hybridized carbons (Fsp3) is 0.222. The Bertz CT molecular complexity index is 789. The molecule has 0 aliphatic carbocycles. The van der Waals surface area contributed by atoms with Crippen molar-refractivity contribution in [3.05, 3.63) is 53.1 Å². The van der Waals surface area contributed by atoms with E-state index < -0.39 is 6.61 Å². The number of ether oxygens (including phenoxy) is 2. The van der Waals surface area contributed by atoms with Crippen LogP contribution in [-0.4, -0.2) is 31.1 Å². The summed E-state index contributed by atoms with van der Waals surface area (Å²) < 4.78 is 34.5. The smallest absolute Gasteiger partial charge is 0.387 e. The fourth-order valence-electron chi connectivity index (χ4n) is 1.96. The molecule has 9 heteroatoms. The highest BCUT2D eigenvalue weighted by Crippen LogP contribution is 2.29. The van der Waals surface area contributed by atoms with Crippen molar-refractivity contribution >= 4 is 35.5 Å². The van der Waals surface area contributed by atoms with Gasteiger partial charge in [0.1, 0.15) is 0 Å². The number of carbonyl (C=O) groups excluding carboxylic acids is 1. The molecule has 144 valence electrons. The van der Waals surface area contributed by atoms with Crippen LogP contribution in [0, 0.1) is 0 Å². The highest BCUT2D eigenvalue weighted by atomic mass is 35.5. The van der Waals surface area contributed by atoms with E-state index in [0.717, 1.165) is 4.90 Å². The van der Waals surface area contributed by atoms with Gasteiger partial charge in [0.2, 0.25) is 5.91 Å². The monoisotopic (exact) mass is 414 g/mol. The molecule has 27 heavy (non-hydrogen) atoms. The number of hydrazone groups is 1. The third-order valence-corrected chi connectivity index (χ3v) is 4.33. The first-order chi connectivity index (χ1) is 13.0. The summed E-state index contributed by atoms with van der Waals surface area (Å²) in [6.45, 7) is -0.925. The first-order valence-electron chi connectivity index (χ1n) is 7.90. The number of hydrogen-bond acceptors (Lipinski definition) is 5. The molecule has 2 aromatic carbocycles. The molecular formula is C18H17ClF2N2O3S. The summed E-state index contributed by atoms with van der Waals surface area (Å²) in [6.07, 6.45) is 1.39. The number of hydrogen-bond donors (Lipinski definition) is 1. The van der Waals surface area contributed by atoms with Crippen molar-refractivity contribution in [1.29, 1.82) is 0 Å². The number of alkyl halides is 2. The van der Waals surface area contributed by atoms with Gasteiger partial charge < -0.3 is 9.47 Å². The Hall–Kier alpha value is -2.32. The van der Waals surface area contributed by atoms with Crippen molar-refractivity contribution < 1.29 is 23.0 Å². The highest BCUT2D eigenvalue weighted by molar-refractivity contribution is 8.00. The molecule has 0 spiro atoms. The van der Waals surface area contributed by atoms with Gasteiger partial charge in [0.25, 0.3) is 0 Å². The number of thioether (sulfide) groups is 1. The second kappa shape index (κ2) is 10.7. The number of nitrogens with one attached hydrogen (secondary N) is 1. The van der Waals surface area contributed by atoms with Gasteiger partial charge in [0.15, 0.2) is 11.5 Å². The number of rotatable bonds is 9.